The van der Waals surface area contributed by atoms with Crippen molar-refractivity contribution in [1.29, 1.82) is 0 Å². The second-order valence-corrected chi connectivity index (χ2v) is 11.1. The van der Waals surface area contributed by atoms with Crippen molar-refractivity contribution < 1.29 is 29.0 Å². The van der Waals surface area contributed by atoms with E-state index in [1.54, 1.807) is 20.8 Å². The number of likely N-dealkylation sites (tertiary alicyclic amines) is 1. The molecule has 40 heavy (non-hydrogen) atoms. The number of rotatable bonds is 6. The Bertz CT molecular complexity index is 770. The third kappa shape index (κ3) is 14.7. The molecule has 2 rings (SSSR count). The number of nitrogens with zero attached hydrogens (tertiary/aromatic N) is 2. The third-order valence-corrected chi connectivity index (χ3v) is 6.21. The van der Waals surface area contributed by atoms with Gasteiger partial charge < -0.3 is 35.5 Å². The zero-order valence-corrected chi connectivity index (χ0v) is 27.0. The summed E-state index contributed by atoms with van der Waals surface area (Å²) in [4.78, 5) is 37.9. The minimum Gasteiger partial charge on any atom is -0.467 e. The number of hydrogen-bond donors (Lipinski definition) is 4. The van der Waals surface area contributed by atoms with Crippen molar-refractivity contribution in [2.24, 2.45) is 17.5 Å². The van der Waals surface area contributed by atoms with E-state index in [0.717, 1.165) is 5.92 Å². The molecule has 2 unspecified atom stereocenters. The first-order chi connectivity index (χ1) is 18.6. The highest BCUT2D eigenvalue weighted by Crippen LogP contribution is 2.27. The van der Waals surface area contributed by atoms with Gasteiger partial charge in [-0.25, -0.2) is 15.4 Å². The van der Waals surface area contributed by atoms with Crippen LogP contribution in [0, 0.1) is 5.92 Å². The first-order valence-electron chi connectivity index (χ1n) is 14.6. The van der Waals surface area contributed by atoms with E-state index in [9.17, 15) is 19.5 Å². The average Bonchev–Trinajstić information content (AvgIpc) is 3.34. The largest absolute Gasteiger partial charge is 0.467 e. The second-order valence-electron chi connectivity index (χ2n) is 11.1. The maximum atomic E-state index is 12.7. The summed E-state index contributed by atoms with van der Waals surface area (Å²) in [7, 11) is 1.22. The van der Waals surface area contributed by atoms with E-state index < -0.39 is 41.3 Å². The Morgan fingerprint density at radius 2 is 1.57 bits per heavy atom. The van der Waals surface area contributed by atoms with Crippen LogP contribution in [-0.2, 0) is 19.1 Å². The van der Waals surface area contributed by atoms with Gasteiger partial charge in [-0.05, 0) is 40.5 Å². The highest BCUT2D eigenvalue weighted by molar-refractivity contribution is 5.88. The van der Waals surface area contributed by atoms with Gasteiger partial charge in [-0.2, -0.15) is 0 Å². The van der Waals surface area contributed by atoms with Gasteiger partial charge in [0.05, 0.1) is 18.8 Å². The van der Waals surface area contributed by atoms with Crippen LogP contribution >= 0.6 is 0 Å². The number of amides is 2. The Hall–Kier alpha value is -2.53. The molecule has 0 aromatic heterocycles. The fourth-order valence-corrected chi connectivity index (χ4v) is 4.32. The molecule has 0 radical (unpaired) electrons. The van der Waals surface area contributed by atoms with Crippen molar-refractivity contribution >= 4 is 18.0 Å². The number of hydrogen-bond acceptors (Lipinski definition) is 9. The summed E-state index contributed by atoms with van der Waals surface area (Å²) in [5, 5.41) is 13.9. The lowest BCUT2D eigenvalue weighted by Crippen LogP contribution is -2.49. The summed E-state index contributed by atoms with van der Waals surface area (Å²) in [5.41, 5.74) is 3.81. The number of carbonyl (C=O) groups excluding carboxylic acids is 3. The van der Waals surface area contributed by atoms with Crippen LogP contribution in [0.4, 0.5) is 4.79 Å². The van der Waals surface area contributed by atoms with Gasteiger partial charge in [-0.3, -0.25) is 4.79 Å². The number of esters is 1. The molecule has 0 aromatic rings. The number of alkyl carbamates (subject to hydrolysis) is 1. The quantitative estimate of drug-likeness (QED) is 0.209. The monoisotopic (exact) mass is 573 g/mol. The molecule has 1 saturated heterocycles. The zero-order chi connectivity index (χ0) is 31.7. The summed E-state index contributed by atoms with van der Waals surface area (Å²) in [6.07, 6.45) is 8.05. The van der Waals surface area contributed by atoms with Crippen molar-refractivity contribution in [1.82, 2.24) is 15.2 Å². The van der Waals surface area contributed by atoms with Crippen LogP contribution in [0.5, 0.6) is 0 Å². The predicted octanol–water partition coefficient (Wildman–Crippen LogP) is 4.04. The first-order valence-corrected chi connectivity index (χ1v) is 14.6. The summed E-state index contributed by atoms with van der Waals surface area (Å²) in [6, 6.07) is -1.38. The lowest BCUT2D eigenvalue weighted by molar-refractivity contribution is -0.150. The number of methoxy groups -OCH3 is 1. The molecule has 11 nitrogen and oxygen atoms in total. The summed E-state index contributed by atoms with van der Waals surface area (Å²) >= 11 is 0. The molecule has 2 aliphatic rings. The van der Waals surface area contributed by atoms with Crippen molar-refractivity contribution in [2.45, 2.75) is 131 Å². The van der Waals surface area contributed by atoms with Crippen LogP contribution in [0.25, 0.3) is 0 Å². The summed E-state index contributed by atoms with van der Waals surface area (Å²) < 4.78 is 9.89. The smallest absolute Gasteiger partial charge is 0.408 e. The highest BCUT2D eigenvalue weighted by atomic mass is 16.6. The van der Waals surface area contributed by atoms with E-state index in [4.69, 9.17) is 21.1 Å². The van der Waals surface area contributed by atoms with Gasteiger partial charge in [0, 0.05) is 19.2 Å². The summed E-state index contributed by atoms with van der Waals surface area (Å²) in [6.45, 7) is 18.2. The molecule has 2 fully saturated rings. The van der Waals surface area contributed by atoms with Crippen molar-refractivity contribution in [3.63, 3.8) is 0 Å². The molecule has 0 spiro atoms. The van der Waals surface area contributed by atoms with Crippen LogP contribution in [0.1, 0.15) is 108 Å². The van der Waals surface area contributed by atoms with E-state index in [1.165, 1.54) is 69.2 Å². The number of hydrazine groups is 1. The molecular formula is C29H59N5O6. The summed E-state index contributed by atoms with van der Waals surface area (Å²) in [5.74, 6) is 6.06. The number of ether oxygens (including phenoxy) is 2. The molecule has 11 heteroatoms. The highest BCUT2D eigenvalue weighted by Gasteiger charge is 2.43. The van der Waals surface area contributed by atoms with Crippen LogP contribution in [0.15, 0.2) is 11.9 Å². The molecular weight excluding hydrogens is 514 g/mol. The Labute approximate surface area is 242 Å². The van der Waals surface area contributed by atoms with E-state index >= 15 is 0 Å². The standard InChI is InChI=1S/C18H33N5O6.C7H14.2C2H6/c1-17(2,3)29-16(26)21-9-14(24)22-10-11(7-12(22)15(25)28-6)23(20)13(8-19)18(4,5)27;1-7-5-3-2-4-6-7;2*1-2/h8,11-12,27H,7,9-10,19-20H2,1-6H3,(H,21,26);7H,2-6H2,1H3;2*1-2H3/b13-8-;;;. The molecule has 0 aromatic carbocycles. The molecule has 6 N–H and O–H groups in total. The van der Waals surface area contributed by atoms with E-state index in [2.05, 4.69) is 12.2 Å². The second kappa shape index (κ2) is 19.5. The molecule has 0 bridgehead atoms. The molecule has 2 atom stereocenters. The maximum absolute atomic E-state index is 12.7. The van der Waals surface area contributed by atoms with Crippen molar-refractivity contribution in [3.05, 3.63) is 11.9 Å². The minimum absolute atomic E-state index is 0.0819. The van der Waals surface area contributed by atoms with E-state index in [-0.39, 0.29) is 25.2 Å². The third-order valence-electron chi connectivity index (χ3n) is 6.21. The van der Waals surface area contributed by atoms with Crippen LogP contribution < -0.4 is 16.9 Å². The topological polar surface area (TPSA) is 160 Å². The number of nitrogens with one attached hydrogen (secondary N) is 1. The Balaban J connectivity index is 0. The molecule has 1 saturated carbocycles. The zero-order valence-electron chi connectivity index (χ0n) is 27.0. The lowest BCUT2D eigenvalue weighted by Gasteiger charge is -2.34. The maximum Gasteiger partial charge on any atom is 0.408 e. The van der Waals surface area contributed by atoms with Gasteiger partial charge in [-0.15, -0.1) is 0 Å². The normalized spacial score (nSPS) is 19.4. The Morgan fingerprint density at radius 3 is 1.95 bits per heavy atom. The van der Waals surface area contributed by atoms with Gasteiger partial charge in [0.15, 0.2) is 0 Å². The van der Waals surface area contributed by atoms with Gasteiger partial charge in [-0.1, -0.05) is 66.7 Å². The Morgan fingerprint density at radius 1 is 1.05 bits per heavy atom. The molecule has 1 heterocycles. The SMILES string of the molecule is CC.CC.CC1CCCCC1.COC(=O)C1CC(N(N)/C(=C\N)C(C)(C)O)CN1C(=O)CNC(=O)OC(C)(C)C. The van der Waals surface area contributed by atoms with Gasteiger partial charge in [0.1, 0.15) is 23.8 Å². The lowest BCUT2D eigenvalue weighted by atomic mass is 9.91. The van der Waals surface area contributed by atoms with E-state index in [1.807, 2.05) is 27.7 Å². The van der Waals surface area contributed by atoms with Gasteiger partial charge >= 0.3 is 12.1 Å². The number of nitrogens with two attached hydrogens (primary N) is 2. The van der Waals surface area contributed by atoms with Gasteiger partial charge in [0.2, 0.25) is 5.91 Å². The van der Waals surface area contributed by atoms with Crippen LogP contribution in [-0.4, -0.2) is 76.5 Å². The molecule has 1 aliphatic carbocycles. The molecule has 2 amide bonds. The minimum atomic E-state index is -1.32. The van der Waals surface area contributed by atoms with Crippen molar-refractivity contribution in [2.75, 3.05) is 20.2 Å². The van der Waals surface area contributed by atoms with E-state index in [0.29, 0.717) is 0 Å². The first kappa shape index (κ1) is 39.6. The number of aliphatic hydroxyl groups is 1. The fraction of sp³-hybridized carbons (Fsp3) is 0.828. The number of carbonyl (C=O) groups is 3. The Kier molecular flexibility index (Phi) is 19.3. The van der Waals surface area contributed by atoms with Gasteiger partial charge in [0.25, 0.3) is 0 Å². The predicted molar refractivity (Wildman–Crippen MR) is 160 cm³/mol. The average molecular weight is 574 g/mol. The fourth-order valence-electron chi connectivity index (χ4n) is 4.32. The molecule has 236 valence electrons. The van der Waals surface area contributed by atoms with Crippen LogP contribution in [0.3, 0.4) is 0 Å². The molecule has 1 aliphatic heterocycles. The van der Waals surface area contributed by atoms with Crippen LogP contribution in [0.2, 0.25) is 0 Å². The van der Waals surface area contributed by atoms with Crippen molar-refractivity contribution in [3.8, 4) is 0 Å².